The Hall–Kier alpha value is -4.24. The summed E-state index contributed by atoms with van der Waals surface area (Å²) in [5.74, 6) is -0.591. The van der Waals surface area contributed by atoms with E-state index in [1.54, 1.807) is 30.3 Å². The van der Waals surface area contributed by atoms with Crippen LogP contribution in [0.1, 0.15) is 51.4 Å². The lowest BCUT2D eigenvalue weighted by molar-refractivity contribution is -0.384. The molecule has 0 radical (unpaired) electrons. The van der Waals surface area contributed by atoms with Crippen LogP contribution in [0.25, 0.3) is 0 Å². The van der Waals surface area contributed by atoms with Gasteiger partial charge in [0.25, 0.3) is 5.69 Å². The first-order chi connectivity index (χ1) is 19.2. The van der Waals surface area contributed by atoms with Crippen LogP contribution in [0.4, 0.5) is 11.4 Å². The van der Waals surface area contributed by atoms with Crippen molar-refractivity contribution in [3.63, 3.8) is 0 Å². The molecule has 9 nitrogen and oxygen atoms in total. The molecule has 3 unspecified atom stereocenters. The van der Waals surface area contributed by atoms with Gasteiger partial charge >= 0.3 is 0 Å². The molecule has 0 bridgehead atoms. The Morgan fingerprint density at radius 2 is 1.77 bits per heavy atom. The maximum Gasteiger partial charge on any atom is 0.269 e. The van der Waals surface area contributed by atoms with Crippen molar-refractivity contribution >= 4 is 23.1 Å². The van der Waals surface area contributed by atoms with E-state index in [0.717, 1.165) is 40.8 Å². The second-order valence-corrected chi connectivity index (χ2v) is 10.9. The summed E-state index contributed by atoms with van der Waals surface area (Å²) in [7, 11) is 3.06. The largest absolute Gasteiger partial charge is 0.493 e. The van der Waals surface area contributed by atoms with Gasteiger partial charge in [-0.25, -0.2) is 0 Å². The Labute approximate surface area is 232 Å². The number of Topliss-reactive ketones (excluding diaryl/α,β-unsaturated/α-hetero) is 1. The van der Waals surface area contributed by atoms with Gasteiger partial charge in [0.1, 0.15) is 5.54 Å². The summed E-state index contributed by atoms with van der Waals surface area (Å²) in [5, 5.41) is 14.5. The number of ether oxygens (including phenoxy) is 2. The van der Waals surface area contributed by atoms with Gasteiger partial charge in [-0.2, -0.15) is 0 Å². The number of nitro groups is 1. The van der Waals surface area contributed by atoms with Gasteiger partial charge in [0.2, 0.25) is 5.91 Å². The van der Waals surface area contributed by atoms with Crippen molar-refractivity contribution in [1.29, 1.82) is 0 Å². The van der Waals surface area contributed by atoms with Crippen LogP contribution >= 0.6 is 0 Å². The summed E-state index contributed by atoms with van der Waals surface area (Å²) in [6.45, 7) is 4.64. The molecule has 9 heteroatoms. The van der Waals surface area contributed by atoms with Crippen LogP contribution in [0.15, 0.2) is 54.6 Å². The maximum absolute atomic E-state index is 14.8. The molecule has 0 saturated carbocycles. The number of methoxy groups -OCH3 is 2. The first-order valence-corrected chi connectivity index (χ1v) is 13.4. The van der Waals surface area contributed by atoms with Gasteiger partial charge in [0, 0.05) is 40.9 Å². The van der Waals surface area contributed by atoms with E-state index in [9.17, 15) is 19.7 Å². The average molecular weight is 542 g/mol. The Kier molecular flexibility index (Phi) is 6.14. The summed E-state index contributed by atoms with van der Waals surface area (Å²) < 4.78 is 10.9. The Morgan fingerprint density at radius 1 is 1.05 bits per heavy atom. The molecule has 0 aromatic heterocycles. The maximum atomic E-state index is 14.8. The van der Waals surface area contributed by atoms with Gasteiger partial charge in [-0.05, 0) is 62.6 Å². The van der Waals surface area contributed by atoms with E-state index in [1.165, 1.54) is 26.4 Å². The fourth-order valence-electron chi connectivity index (χ4n) is 7.38. The average Bonchev–Trinajstić information content (AvgIpc) is 3.61. The highest BCUT2D eigenvalue weighted by Gasteiger charge is 2.69. The molecule has 206 valence electrons. The summed E-state index contributed by atoms with van der Waals surface area (Å²) in [6.07, 6.45) is 1.70. The molecule has 0 aliphatic carbocycles. The molecule has 2 fully saturated rings. The number of amides is 1. The number of nitro benzene ring substituents is 1. The van der Waals surface area contributed by atoms with Gasteiger partial charge < -0.3 is 14.8 Å². The molecule has 3 aliphatic heterocycles. The molecule has 6 rings (SSSR count). The minimum absolute atomic E-state index is 0.0160. The van der Waals surface area contributed by atoms with Gasteiger partial charge in [-0.1, -0.05) is 29.8 Å². The minimum atomic E-state index is -1.22. The highest BCUT2D eigenvalue weighted by Crippen LogP contribution is 2.61. The van der Waals surface area contributed by atoms with Crippen molar-refractivity contribution in [3.8, 4) is 11.5 Å². The molecular formula is C31H31N3O6. The zero-order valence-corrected chi connectivity index (χ0v) is 22.9. The van der Waals surface area contributed by atoms with E-state index in [0.29, 0.717) is 23.6 Å². The molecule has 40 heavy (non-hydrogen) atoms. The van der Waals surface area contributed by atoms with Crippen molar-refractivity contribution in [3.05, 3.63) is 92.5 Å². The number of fused-ring (bicyclic) bond motifs is 4. The second kappa shape index (κ2) is 9.45. The number of nitrogens with zero attached hydrogens (tertiary/aromatic N) is 2. The SMILES string of the molecule is COc1ccc(C(=O)C2C(c3ccc([N+](=O)[O-])cc3)C3CCCN3[C@@]23C(=O)Nc2c(C)cc(C)cc23)cc1OC. The highest BCUT2D eigenvalue weighted by atomic mass is 16.6. The first kappa shape index (κ1) is 26.0. The number of hydrogen-bond acceptors (Lipinski definition) is 7. The third-order valence-corrected chi connectivity index (χ3v) is 8.89. The number of carbonyl (C=O) groups is 2. The molecule has 2 saturated heterocycles. The number of aryl methyl sites for hydroxylation is 2. The molecule has 3 aromatic rings. The number of ketones is 1. The molecule has 4 atom stereocenters. The third kappa shape index (κ3) is 3.57. The summed E-state index contributed by atoms with van der Waals surface area (Å²) in [5.41, 5.74) is 3.54. The van der Waals surface area contributed by atoms with Crippen molar-refractivity contribution in [2.24, 2.45) is 5.92 Å². The zero-order chi connectivity index (χ0) is 28.3. The minimum Gasteiger partial charge on any atom is -0.493 e. The normalized spacial score (nSPS) is 25.0. The predicted molar refractivity (Wildman–Crippen MR) is 149 cm³/mol. The topological polar surface area (TPSA) is 111 Å². The van der Waals surface area contributed by atoms with E-state index < -0.39 is 16.4 Å². The van der Waals surface area contributed by atoms with E-state index in [2.05, 4.69) is 10.2 Å². The van der Waals surface area contributed by atoms with Crippen molar-refractivity contribution < 1.29 is 24.0 Å². The van der Waals surface area contributed by atoms with Crippen LogP contribution in [-0.4, -0.2) is 48.3 Å². The number of anilines is 1. The lowest BCUT2D eigenvalue weighted by Crippen LogP contribution is -2.52. The van der Waals surface area contributed by atoms with Crippen LogP contribution < -0.4 is 14.8 Å². The fraction of sp³-hybridized carbons (Fsp3) is 0.355. The number of carbonyl (C=O) groups excluding carboxylic acids is 2. The monoisotopic (exact) mass is 541 g/mol. The molecule has 1 N–H and O–H groups in total. The number of rotatable bonds is 6. The molecule has 3 heterocycles. The van der Waals surface area contributed by atoms with Crippen LogP contribution in [0.2, 0.25) is 0 Å². The van der Waals surface area contributed by atoms with Crippen LogP contribution in [0.3, 0.4) is 0 Å². The van der Waals surface area contributed by atoms with Gasteiger partial charge in [-0.3, -0.25) is 24.6 Å². The van der Waals surface area contributed by atoms with E-state index in [4.69, 9.17) is 9.47 Å². The van der Waals surface area contributed by atoms with Crippen molar-refractivity contribution in [2.45, 2.75) is 44.2 Å². The summed E-state index contributed by atoms with van der Waals surface area (Å²) >= 11 is 0. The van der Waals surface area contributed by atoms with Gasteiger partial charge in [0.15, 0.2) is 17.3 Å². The molecular weight excluding hydrogens is 510 g/mol. The molecule has 1 spiro atoms. The van der Waals surface area contributed by atoms with Crippen LogP contribution in [0.5, 0.6) is 11.5 Å². The standard InChI is InChI=1S/C31H31N3O6/c1-17-14-18(2)28-22(15-17)31(30(36)32-28)27(29(35)20-9-12-24(39-3)25(16-20)40-4)26(23-6-5-13-33(23)31)19-7-10-21(11-8-19)34(37)38/h7-12,14-16,23,26-27H,5-6,13H2,1-4H3,(H,32,36)/t23?,26?,27?,31-/m1/s1. The Morgan fingerprint density at radius 3 is 2.45 bits per heavy atom. The van der Waals surface area contributed by atoms with Crippen molar-refractivity contribution in [2.75, 3.05) is 26.1 Å². The van der Waals surface area contributed by atoms with Crippen molar-refractivity contribution in [1.82, 2.24) is 4.90 Å². The van der Waals surface area contributed by atoms with Gasteiger partial charge in [-0.15, -0.1) is 0 Å². The molecule has 1 amide bonds. The number of hydrogen-bond donors (Lipinski definition) is 1. The first-order valence-electron chi connectivity index (χ1n) is 13.4. The number of non-ortho nitro benzene ring substituents is 1. The lowest BCUT2D eigenvalue weighted by atomic mass is 9.68. The lowest BCUT2D eigenvalue weighted by Gasteiger charge is -2.37. The summed E-state index contributed by atoms with van der Waals surface area (Å²) in [4.78, 5) is 42.3. The predicted octanol–water partition coefficient (Wildman–Crippen LogP) is 5.14. The number of nitrogens with one attached hydrogen (secondary N) is 1. The third-order valence-electron chi connectivity index (χ3n) is 8.89. The van der Waals surface area contributed by atoms with Gasteiger partial charge in [0.05, 0.1) is 25.1 Å². The molecule has 3 aliphatic rings. The van der Waals surface area contributed by atoms with Crippen LogP contribution in [-0.2, 0) is 10.3 Å². The Balaban J connectivity index is 1.60. The van der Waals surface area contributed by atoms with E-state index >= 15 is 0 Å². The number of benzene rings is 3. The smallest absolute Gasteiger partial charge is 0.269 e. The molecule has 3 aromatic carbocycles. The summed E-state index contributed by atoms with van der Waals surface area (Å²) in [6, 6.07) is 15.5. The van der Waals surface area contributed by atoms with Crippen LogP contribution in [0, 0.1) is 29.9 Å². The highest BCUT2D eigenvalue weighted by molar-refractivity contribution is 6.13. The zero-order valence-electron chi connectivity index (χ0n) is 22.9. The quantitative estimate of drug-likeness (QED) is 0.261. The Bertz CT molecular complexity index is 1550. The van der Waals surface area contributed by atoms with E-state index in [1.807, 2.05) is 26.0 Å². The fourth-order valence-corrected chi connectivity index (χ4v) is 7.38. The van der Waals surface area contributed by atoms with E-state index in [-0.39, 0.29) is 29.3 Å². The second-order valence-electron chi connectivity index (χ2n) is 10.9.